The average Bonchev–Trinajstić information content (AvgIpc) is 3.31. The third kappa shape index (κ3) is 5.45. The van der Waals surface area contributed by atoms with Crippen molar-refractivity contribution in [3.63, 3.8) is 0 Å². The topological polar surface area (TPSA) is 25.8 Å². The molecule has 0 saturated carbocycles. The van der Waals surface area contributed by atoms with E-state index < -0.39 is 42.3 Å². The van der Waals surface area contributed by atoms with E-state index in [-0.39, 0.29) is 0 Å². The standard InChI is InChI=1S/C14H6N2S3.2C4H9.2Sn/c1-3-11(17-7-1)9-5-6-10(12-4-2-8-18-12)14-13(9)15-19-16-14;2*1-4(2)3;;/h1-6H;2*1-3H3;;. The van der Waals surface area contributed by atoms with E-state index in [0.29, 0.717) is 6.86 Å². The summed E-state index contributed by atoms with van der Waals surface area (Å²) >= 11 is 4.12. The number of aromatic nitrogens is 2. The molecule has 0 aliphatic carbocycles. The molecule has 0 amide bonds. The van der Waals surface area contributed by atoms with Gasteiger partial charge in [0.15, 0.2) is 0 Å². The van der Waals surface area contributed by atoms with Crippen molar-refractivity contribution in [3.05, 3.63) is 36.4 Å². The van der Waals surface area contributed by atoms with Crippen molar-refractivity contribution in [2.45, 2.75) is 48.4 Å². The molecule has 0 bridgehead atoms. The summed E-state index contributed by atoms with van der Waals surface area (Å²) in [6, 6.07) is 13.8. The van der Waals surface area contributed by atoms with Crippen molar-refractivity contribution in [3.8, 4) is 20.9 Å². The van der Waals surface area contributed by atoms with Crippen molar-refractivity contribution >= 4 is 93.5 Å². The third-order valence-electron chi connectivity index (χ3n) is 4.15. The summed E-state index contributed by atoms with van der Waals surface area (Å²) in [6.07, 6.45) is 0. The first-order valence-corrected chi connectivity index (χ1v) is 17.7. The SMILES string of the molecule is C[C](C)(C)[Sn][c]1ccc(-c2ccc(-c3cc[c]([Sn][C](C)(C)C)s3)c3nsnc23)s1. The molecule has 0 fully saturated rings. The van der Waals surface area contributed by atoms with Crippen molar-refractivity contribution in [1.82, 2.24) is 8.75 Å². The molecule has 0 N–H and O–H groups in total. The second-order valence-electron chi connectivity index (χ2n) is 9.20. The maximum absolute atomic E-state index is 4.70. The molecule has 0 aliphatic heterocycles. The van der Waals surface area contributed by atoms with Gasteiger partial charge >= 0.3 is 208 Å². The summed E-state index contributed by atoms with van der Waals surface area (Å²) in [5.74, 6) is 0. The van der Waals surface area contributed by atoms with Gasteiger partial charge in [0.2, 0.25) is 0 Å². The number of thiophene rings is 2. The molecule has 0 atom stereocenters. The Balaban J connectivity index is 1.70. The molecule has 1 aromatic carbocycles. The normalized spacial score (nSPS) is 12.8. The molecule has 0 aliphatic rings. The minimum absolute atomic E-state index is 0.473. The number of hydrogen-bond acceptors (Lipinski definition) is 5. The second kappa shape index (κ2) is 8.52. The number of rotatable bonds is 4. The number of benzene rings is 1. The Labute approximate surface area is 205 Å². The Morgan fingerprint density at radius 3 is 1.41 bits per heavy atom. The monoisotopic (exact) mass is 652 g/mol. The first-order chi connectivity index (χ1) is 13.6. The van der Waals surface area contributed by atoms with Gasteiger partial charge in [-0.25, -0.2) is 0 Å². The summed E-state index contributed by atoms with van der Waals surface area (Å²) in [6.45, 7) is 14.2. The maximum atomic E-state index is 4.70. The average molecular weight is 650 g/mol. The van der Waals surface area contributed by atoms with E-state index in [1.165, 1.54) is 32.6 Å². The van der Waals surface area contributed by atoms with Crippen LogP contribution in [0.25, 0.3) is 31.9 Å². The van der Waals surface area contributed by atoms with Crippen molar-refractivity contribution in [2.24, 2.45) is 0 Å². The fraction of sp³-hybridized carbons (Fsp3) is 0.364. The van der Waals surface area contributed by atoms with Crippen LogP contribution >= 0.6 is 34.4 Å². The minimum atomic E-state index is -0.572. The van der Waals surface area contributed by atoms with E-state index >= 15 is 0 Å². The van der Waals surface area contributed by atoms with Crippen LogP contribution in [0.1, 0.15) is 41.5 Å². The molecule has 4 aromatic rings. The van der Waals surface area contributed by atoms with E-state index in [9.17, 15) is 0 Å². The van der Waals surface area contributed by atoms with Gasteiger partial charge in [0.1, 0.15) is 0 Å². The van der Waals surface area contributed by atoms with Crippen LogP contribution < -0.4 is 5.79 Å². The number of hydrogen-bond donors (Lipinski definition) is 0. The third-order valence-corrected chi connectivity index (χ3v) is 16.3. The molecular weight excluding hydrogens is 626 g/mol. The first-order valence-electron chi connectivity index (χ1n) is 9.61. The van der Waals surface area contributed by atoms with Gasteiger partial charge in [-0.2, -0.15) is 0 Å². The van der Waals surface area contributed by atoms with E-state index in [1.807, 2.05) is 22.7 Å². The summed E-state index contributed by atoms with van der Waals surface area (Å²) in [7, 11) is 0. The first kappa shape index (κ1) is 22.2. The molecule has 29 heavy (non-hydrogen) atoms. The van der Waals surface area contributed by atoms with Gasteiger partial charge in [0, 0.05) is 0 Å². The van der Waals surface area contributed by atoms with Gasteiger partial charge in [0.25, 0.3) is 0 Å². The van der Waals surface area contributed by atoms with Crippen LogP contribution in [0.4, 0.5) is 0 Å². The van der Waals surface area contributed by atoms with Crippen LogP contribution in [0.15, 0.2) is 36.4 Å². The van der Waals surface area contributed by atoms with E-state index in [1.54, 1.807) is 5.79 Å². The predicted octanol–water partition coefficient (Wildman–Crippen LogP) is 6.24. The van der Waals surface area contributed by atoms with Gasteiger partial charge in [-0.3, -0.25) is 0 Å². The van der Waals surface area contributed by atoms with Crippen LogP contribution in [0, 0.1) is 0 Å². The van der Waals surface area contributed by atoms with Gasteiger partial charge in [-0.05, 0) is 0 Å². The molecule has 3 heterocycles. The molecule has 7 heteroatoms. The molecule has 0 spiro atoms. The molecule has 4 rings (SSSR count). The van der Waals surface area contributed by atoms with Crippen molar-refractivity contribution < 1.29 is 0 Å². The van der Waals surface area contributed by atoms with Crippen molar-refractivity contribution in [1.29, 1.82) is 0 Å². The van der Waals surface area contributed by atoms with Crippen LogP contribution in [-0.4, -0.2) is 51.0 Å². The van der Waals surface area contributed by atoms with Crippen molar-refractivity contribution in [2.75, 3.05) is 0 Å². The molecule has 0 unspecified atom stereocenters. The quantitative estimate of drug-likeness (QED) is 0.245. The fourth-order valence-corrected chi connectivity index (χ4v) is 17.4. The second-order valence-corrected chi connectivity index (χ2v) is 27.0. The Hall–Kier alpha value is 0.0374. The van der Waals surface area contributed by atoms with E-state index in [2.05, 4.69) is 77.9 Å². The Morgan fingerprint density at radius 1 is 0.621 bits per heavy atom. The van der Waals surface area contributed by atoms with Crippen LogP contribution in [0.3, 0.4) is 0 Å². The molecule has 4 radical (unpaired) electrons. The summed E-state index contributed by atoms with van der Waals surface area (Å²) < 4.78 is 13.5. The zero-order valence-corrected chi connectivity index (χ0v) is 25.7. The Kier molecular flexibility index (Phi) is 6.54. The fourth-order valence-electron chi connectivity index (χ4n) is 3.10. The zero-order chi connectivity index (χ0) is 20.8. The van der Waals surface area contributed by atoms with Gasteiger partial charge < -0.3 is 0 Å². The summed E-state index contributed by atoms with van der Waals surface area (Å²) in [5, 5.41) is 0. The van der Waals surface area contributed by atoms with Crippen LogP contribution in [0.2, 0.25) is 6.86 Å². The molecule has 3 aromatic heterocycles. The predicted molar refractivity (Wildman–Crippen MR) is 134 cm³/mol. The molecule has 148 valence electrons. The molecular formula is C22H24N2S3Sn2. The van der Waals surface area contributed by atoms with E-state index in [4.69, 9.17) is 8.75 Å². The van der Waals surface area contributed by atoms with Gasteiger partial charge in [-0.1, -0.05) is 0 Å². The Bertz CT molecular complexity index is 1050. The van der Waals surface area contributed by atoms with E-state index in [0.717, 1.165) is 11.0 Å². The number of fused-ring (bicyclic) bond motifs is 1. The zero-order valence-electron chi connectivity index (χ0n) is 17.6. The molecule has 0 saturated heterocycles. The van der Waals surface area contributed by atoms with Gasteiger partial charge in [-0.15, -0.1) is 0 Å². The van der Waals surface area contributed by atoms with Crippen LogP contribution in [-0.2, 0) is 0 Å². The Morgan fingerprint density at radius 2 is 1.03 bits per heavy atom. The molecule has 2 nitrogen and oxygen atoms in total. The van der Waals surface area contributed by atoms with Gasteiger partial charge in [0.05, 0.1) is 0 Å². The summed E-state index contributed by atoms with van der Waals surface area (Å²) in [5.41, 5.74) is 4.61. The summed E-state index contributed by atoms with van der Waals surface area (Å²) in [4.78, 5) is 2.67. The van der Waals surface area contributed by atoms with Crippen LogP contribution in [0.5, 0.6) is 0 Å². The number of nitrogens with zero attached hydrogens (tertiary/aromatic N) is 2.